The van der Waals surface area contributed by atoms with E-state index in [9.17, 15) is 9.59 Å². The molecule has 0 atom stereocenters. The molecule has 4 rings (SSSR count). The zero-order valence-corrected chi connectivity index (χ0v) is 17.7. The fourth-order valence-corrected chi connectivity index (χ4v) is 3.85. The normalized spacial score (nSPS) is 10.7. The van der Waals surface area contributed by atoms with Gasteiger partial charge in [0, 0.05) is 16.6 Å². The largest absolute Gasteiger partial charge is 0.291 e. The van der Waals surface area contributed by atoms with E-state index < -0.39 is 0 Å². The van der Waals surface area contributed by atoms with Crippen LogP contribution in [0.25, 0.3) is 16.9 Å². The Labute approximate surface area is 183 Å². The number of hydrogen-bond donors (Lipinski definition) is 2. The van der Waals surface area contributed by atoms with Crippen LogP contribution in [0.15, 0.2) is 72.1 Å². The molecule has 0 aliphatic heterocycles. The van der Waals surface area contributed by atoms with E-state index in [4.69, 9.17) is 0 Å². The molecule has 2 aromatic carbocycles. The maximum absolute atomic E-state index is 12.9. The van der Waals surface area contributed by atoms with E-state index in [2.05, 4.69) is 20.9 Å². The van der Waals surface area contributed by atoms with Gasteiger partial charge in [-0.1, -0.05) is 48.5 Å². The van der Waals surface area contributed by atoms with E-state index in [0.717, 1.165) is 22.0 Å². The summed E-state index contributed by atoms with van der Waals surface area (Å²) >= 11 is 1.44. The number of hydrazine groups is 1. The van der Waals surface area contributed by atoms with E-state index in [1.54, 1.807) is 10.7 Å². The highest BCUT2D eigenvalue weighted by atomic mass is 32.1. The standard InChI is InChI=1S/C23H21N5O2S/c1-16-15-31-23(25-16)13-22(30)26-24-14-21(29)20-12-19(17-8-4-2-5-9-17)27-28(20)18-10-6-3-7-11-18/h2-12,15,24H,13-14H2,1H3,(H,26,30). The number of para-hydroxylation sites is 1. The Morgan fingerprint density at radius 3 is 2.42 bits per heavy atom. The highest BCUT2D eigenvalue weighted by Crippen LogP contribution is 2.21. The Hall–Kier alpha value is -3.62. The van der Waals surface area contributed by atoms with Crippen LogP contribution >= 0.6 is 11.3 Å². The van der Waals surface area contributed by atoms with E-state index in [1.807, 2.05) is 73.0 Å². The molecule has 0 aliphatic carbocycles. The first-order chi connectivity index (χ1) is 15.1. The SMILES string of the molecule is Cc1csc(CC(=O)NNCC(=O)c2cc(-c3ccccc3)nn2-c2ccccc2)n1. The predicted molar refractivity (Wildman–Crippen MR) is 120 cm³/mol. The number of Topliss-reactive ketones (excluding diaryl/α,β-unsaturated/α-hetero) is 1. The molecule has 1 amide bonds. The van der Waals surface area contributed by atoms with Crippen molar-refractivity contribution < 1.29 is 9.59 Å². The van der Waals surface area contributed by atoms with Crippen molar-refractivity contribution in [3.05, 3.63) is 88.5 Å². The van der Waals surface area contributed by atoms with E-state index >= 15 is 0 Å². The number of rotatable bonds is 8. The quantitative estimate of drug-likeness (QED) is 0.330. The van der Waals surface area contributed by atoms with Crippen molar-refractivity contribution in [1.29, 1.82) is 0 Å². The molecule has 8 heteroatoms. The molecule has 0 saturated carbocycles. The van der Waals surface area contributed by atoms with Gasteiger partial charge >= 0.3 is 0 Å². The number of carbonyl (C=O) groups is 2. The molecule has 156 valence electrons. The molecule has 2 N–H and O–H groups in total. The van der Waals surface area contributed by atoms with Crippen LogP contribution in [0.5, 0.6) is 0 Å². The number of benzene rings is 2. The Morgan fingerprint density at radius 1 is 1.03 bits per heavy atom. The monoisotopic (exact) mass is 431 g/mol. The number of hydrogen-bond acceptors (Lipinski definition) is 6. The topological polar surface area (TPSA) is 88.9 Å². The van der Waals surface area contributed by atoms with Gasteiger partial charge in [0.15, 0.2) is 5.78 Å². The van der Waals surface area contributed by atoms with Crippen LogP contribution in [0.2, 0.25) is 0 Å². The van der Waals surface area contributed by atoms with Crippen LogP contribution in [0, 0.1) is 6.92 Å². The van der Waals surface area contributed by atoms with Crippen molar-refractivity contribution in [3.63, 3.8) is 0 Å². The molecule has 2 heterocycles. The third-order valence-electron chi connectivity index (χ3n) is 4.52. The highest BCUT2D eigenvalue weighted by molar-refractivity contribution is 7.09. The average Bonchev–Trinajstić information content (AvgIpc) is 3.41. The first-order valence-corrected chi connectivity index (χ1v) is 10.6. The summed E-state index contributed by atoms with van der Waals surface area (Å²) in [4.78, 5) is 29.3. The molecular weight excluding hydrogens is 410 g/mol. The first kappa shape index (κ1) is 20.6. The molecule has 0 bridgehead atoms. The molecule has 0 radical (unpaired) electrons. The molecule has 7 nitrogen and oxygen atoms in total. The number of thiazole rings is 1. The van der Waals surface area contributed by atoms with Gasteiger partial charge in [-0.2, -0.15) is 5.10 Å². The molecule has 0 aliphatic rings. The Kier molecular flexibility index (Phi) is 6.30. The summed E-state index contributed by atoms with van der Waals surface area (Å²) in [6.07, 6.45) is 0.166. The van der Waals surface area contributed by atoms with Crippen LogP contribution in [0.4, 0.5) is 0 Å². The summed E-state index contributed by atoms with van der Waals surface area (Å²) < 4.78 is 1.63. The first-order valence-electron chi connectivity index (χ1n) is 9.77. The van der Waals surface area contributed by atoms with Gasteiger partial charge in [-0.3, -0.25) is 15.0 Å². The Balaban J connectivity index is 1.47. The molecule has 2 aromatic heterocycles. The van der Waals surface area contributed by atoms with E-state index in [1.165, 1.54) is 11.3 Å². The maximum Gasteiger partial charge on any atom is 0.240 e. The summed E-state index contributed by atoms with van der Waals surface area (Å²) in [6, 6.07) is 20.9. The lowest BCUT2D eigenvalue weighted by atomic mass is 10.1. The number of carbonyl (C=O) groups excluding carboxylic acids is 2. The van der Waals surface area contributed by atoms with Crippen LogP contribution in [-0.4, -0.2) is 33.0 Å². The van der Waals surface area contributed by atoms with E-state index in [0.29, 0.717) is 11.4 Å². The van der Waals surface area contributed by atoms with Gasteiger partial charge in [-0.25, -0.2) is 15.1 Å². The fraction of sp³-hybridized carbons (Fsp3) is 0.130. The van der Waals surface area contributed by atoms with Gasteiger partial charge in [-0.15, -0.1) is 11.3 Å². The maximum atomic E-state index is 12.9. The zero-order chi connectivity index (χ0) is 21.6. The smallest absolute Gasteiger partial charge is 0.240 e. The number of nitrogens with one attached hydrogen (secondary N) is 2. The lowest BCUT2D eigenvalue weighted by molar-refractivity contribution is -0.121. The number of aryl methyl sites for hydroxylation is 1. The molecule has 0 fully saturated rings. The number of aromatic nitrogens is 3. The molecule has 31 heavy (non-hydrogen) atoms. The van der Waals surface area contributed by atoms with E-state index in [-0.39, 0.29) is 24.7 Å². The molecule has 0 spiro atoms. The third kappa shape index (κ3) is 5.11. The molecule has 0 unspecified atom stereocenters. The second-order valence-corrected chi connectivity index (χ2v) is 7.86. The lowest BCUT2D eigenvalue weighted by Gasteiger charge is -2.08. The summed E-state index contributed by atoms with van der Waals surface area (Å²) in [5.41, 5.74) is 9.03. The van der Waals surface area contributed by atoms with Crippen molar-refractivity contribution in [3.8, 4) is 16.9 Å². The van der Waals surface area contributed by atoms with Gasteiger partial charge in [0.25, 0.3) is 0 Å². The molecule has 0 saturated heterocycles. The Bertz CT molecular complexity index is 1190. The second kappa shape index (κ2) is 9.46. The third-order valence-corrected chi connectivity index (χ3v) is 5.49. The van der Waals surface area contributed by atoms with Crippen molar-refractivity contribution in [2.24, 2.45) is 0 Å². The van der Waals surface area contributed by atoms with Crippen molar-refractivity contribution in [2.75, 3.05) is 6.54 Å². The second-order valence-electron chi connectivity index (χ2n) is 6.91. The number of ketones is 1. The summed E-state index contributed by atoms with van der Waals surface area (Å²) in [6.45, 7) is 1.82. The van der Waals surface area contributed by atoms with Gasteiger partial charge in [0.05, 0.1) is 24.3 Å². The van der Waals surface area contributed by atoms with Crippen molar-refractivity contribution in [1.82, 2.24) is 25.6 Å². The average molecular weight is 432 g/mol. The lowest BCUT2D eigenvalue weighted by Crippen LogP contribution is -2.41. The van der Waals surface area contributed by atoms with Gasteiger partial charge in [0.1, 0.15) is 10.7 Å². The fourth-order valence-electron chi connectivity index (χ4n) is 3.07. The van der Waals surface area contributed by atoms with Gasteiger partial charge in [-0.05, 0) is 25.1 Å². The predicted octanol–water partition coefficient (Wildman–Crippen LogP) is 3.35. The molecular formula is C23H21N5O2S. The highest BCUT2D eigenvalue weighted by Gasteiger charge is 2.18. The zero-order valence-electron chi connectivity index (χ0n) is 16.9. The summed E-state index contributed by atoms with van der Waals surface area (Å²) in [7, 11) is 0. The van der Waals surface area contributed by atoms with Crippen LogP contribution in [0.3, 0.4) is 0 Å². The van der Waals surface area contributed by atoms with Gasteiger partial charge < -0.3 is 0 Å². The van der Waals surface area contributed by atoms with Crippen molar-refractivity contribution in [2.45, 2.75) is 13.3 Å². The van der Waals surface area contributed by atoms with Crippen LogP contribution < -0.4 is 10.9 Å². The number of amides is 1. The minimum Gasteiger partial charge on any atom is -0.291 e. The van der Waals surface area contributed by atoms with Crippen LogP contribution in [-0.2, 0) is 11.2 Å². The summed E-state index contributed by atoms with van der Waals surface area (Å²) in [5.74, 6) is -0.437. The van der Waals surface area contributed by atoms with Gasteiger partial charge in [0.2, 0.25) is 5.91 Å². The Morgan fingerprint density at radius 2 is 1.74 bits per heavy atom. The minimum absolute atomic E-state index is 0.0601. The van der Waals surface area contributed by atoms with Crippen molar-refractivity contribution >= 4 is 23.0 Å². The van der Waals surface area contributed by atoms with Crippen LogP contribution in [0.1, 0.15) is 21.2 Å². The minimum atomic E-state index is -0.247. The number of nitrogens with zero attached hydrogens (tertiary/aromatic N) is 3. The summed E-state index contributed by atoms with van der Waals surface area (Å²) in [5, 5.41) is 7.28. The molecule has 4 aromatic rings.